The zero-order valence-electron chi connectivity index (χ0n) is 11.8. The number of aromatic nitrogens is 3. The van der Waals surface area contributed by atoms with Crippen LogP contribution in [0.1, 0.15) is 32.0 Å². The second kappa shape index (κ2) is 5.44. The van der Waals surface area contributed by atoms with E-state index in [9.17, 15) is 0 Å². The summed E-state index contributed by atoms with van der Waals surface area (Å²) in [6.45, 7) is 5.19. The van der Waals surface area contributed by atoms with E-state index in [0.717, 1.165) is 23.1 Å². The van der Waals surface area contributed by atoms with Gasteiger partial charge in [-0.2, -0.15) is 5.10 Å². The van der Waals surface area contributed by atoms with Crippen LogP contribution in [0.3, 0.4) is 0 Å². The van der Waals surface area contributed by atoms with Gasteiger partial charge in [0.15, 0.2) is 0 Å². The van der Waals surface area contributed by atoms with Crippen molar-refractivity contribution < 1.29 is 0 Å². The van der Waals surface area contributed by atoms with Crippen LogP contribution in [0.2, 0.25) is 0 Å². The van der Waals surface area contributed by atoms with Crippen molar-refractivity contribution in [2.24, 2.45) is 0 Å². The molecule has 0 aliphatic carbocycles. The molecule has 0 spiro atoms. The van der Waals surface area contributed by atoms with Gasteiger partial charge in [-0.3, -0.25) is 4.68 Å². The number of nitrogens with zero attached hydrogens (tertiary/aromatic N) is 3. The minimum absolute atomic E-state index is 0.458. The average Bonchev–Trinajstić information content (AvgIpc) is 3.06. The second-order valence-corrected chi connectivity index (χ2v) is 6.11. The normalized spacial score (nSPS) is 12.9. The molecule has 0 amide bonds. The Kier molecular flexibility index (Phi) is 3.66. The van der Waals surface area contributed by atoms with E-state index in [1.807, 2.05) is 0 Å². The van der Waals surface area contributed by atoms with Crippen molar-refractivity contribution in [1.29, 1.82) is 0 Å². The molecular formula is C16H18BrN3. The summed E-state index contributed by atoms with van der Waals surface area (Å²) in [7, 11) is 0. The van der Waals surface area contributed by atoms with Gasteiger partial charge in [0, 0.05) is 28.4 Å². The molecule has 0 radical (unpaired) electrons. The van der Waals surface area contributed by atoms with Crippen LogP contribution in [0.5, 0.6) is 0 Å². The van der Waals surface area contributed by atoms with E-state index in [1.165, 1.54) is 10.9 Å². The molecule has 0 fully saturated rings. The predicted molar refractivity (Wildman–Crippen MR) is 86.0 cm³/mol. The highest BCUT2D eigenvalue weighted by molar-refractivity contribution is 9.10. The smallest absolute Gasteiger partial charge is 0.0821 e. The van der Waals surface area contributed by atoms with Gasteiger partial charge < -0.3 is 4.57 Å². The molecule has 3 nitrogen and oxygen atoms in total. The molecule has 0 aliphatic rings. The summed E-state index contributed by atoms with van der Waals surface area (Å²) in [5.41, 5.74) is 2.33. The molecule has 4 heteroatoms. The third-order valence-corrected chi connectivity index (χ3v) is 4.27. The lowest BCUT2D eigenvalue weighted by Gasteiger charge is -2.08. The molecule has 2 heterocycles. The van der Waals surface area contributed by atoms with Crippen LogP contribution in [0.25, 0.3) is 10.9 Å². The number of rotatable bonds is 4. The minimum Gasteiger partial charge on any atom is -0.341 e. The Labute approximate surface area is 127 Å². The standard InChI is InChI=1S/C16H18BrN3/c1-3-12(2)20-9-7-15(18-20)11-19-8-6-13-4-5-14(17)10-16(13)19/h4-10,12H,3,11H2,1-2H3. The molecule has 1 unspecified atom stereocenters. The molecule has 0 saturated heterocycles. The summed E-state index contributed by atoms with van der Waals surface area (Å²) in [5.74, 6) is 0. The molecule has 1 aromatic carbocycles. The highest BCUT2D eigenvalue weighted by Gasteiger charge is 2.07. The van der Waals surface area contributed by atoms with Gasteiger partial charge in [-0.25, -0.2) is 0 Å². The fourth-order valence-corrected chi connectivity index (χ4v) is 2.71. The summed E-state index contributed by atoms with van der Waals surface area (Å²) in [5, 5.41) is 5.93. The van der Waals surface area contributed by atoms with Crippen LogP contribution in [0.15, 0.2) is 47.2 Å². The van der Waals surface area contributed by atoms with E-state index >= 15 is 0 Å². The van der Waals surface area contributed by atoms with Gasteiger partial charge in [0.25, 0.3) is 0 Å². The topological polar surface area (TPSA) is 22.8 Å². The molecular weight excluding hydrogens is 314 g/mol. The molecule has 0 bridgehead atoms. The number of halogens is 1. The van der Waals surface area contributed by atoms with Gasteiger partial charge in [-0.1, -0.05) is 28.9 Å². The van der Waals surface area contributed by atoms with Crippen LogP contribution < -0.4 is 0 Å². The first kappa shape index (κ1) is 13.4. The van der Waals surface area contributed by atoms with Crippen molar-refractivity contribution >= 4 is 26.8 Å². The van der Waals surface area contributed by atoms with Crippen molar-refractivity contribution in [2.45, 2.75) is 32.9 Å². The Balaban J connectivity index is 1.89. The molecule has 104 valence electrons. The van der Waals surface area contributed by atoms with Gasteiger partial charge in [0.1, 0.15) is 0 Å². The van der Waals surface area contributed by atoms with Crippen molar-refractivity contribution in [3.63, 3.8) is 0 Å². The predicted octanol–water partition coefficient (Wildman–Crippen LogP) is 4.62. The lowest BCUT2D eigenvalue weighted by atomic mass is 10.2. The van der Waals surface area contributed by atoms with E-state index < -0.39 is 0 Å². The first-order valence-corrected chi connectivity index (χ1v) is 7.75. The first-order chi connectivity index (χ1) is 9.67. The minimum atomic E-state index is 0.458. The number of hydrogen-bond acceptors (Lipinski definition) is 1. The lowest BCUT2D eigenvalue weighted by molar-refractivity contribution is 0.472. The Morgan fingerprint density at radius 3 is 2.85 bits per heavy atom. The van der Waals surface area contributed by atoms with Crippen LogP contribution in [-0.2, 0) is 6.54 Å². The van der Waals surface area contributed by atoms with Crippen molar-refractivity contribution in [3.8, 4) is 0 Å². The second-order valence-electron chi connectivity index (χ2n) is 5.19. The Hall–Kier alpha value is -1.55. The van der Waals surface area contributed by atoms with E-state index in [0.29, 0.717) is 6.04 Å². The lowest BCUT2D eigenvalue weighted by Crippen LogP contribution is -2.06. The van der Waals surface area contributed by atoms with Gasteiger partial charge in [-0.05, 0) is 43.0 Å². The molecule has 3 rings (SSSR count). The maximum Gasteiger partial charge on any atom is 0.0821 e. The molecule has 0 N–H and O–H groups in total. The summed E-state index contributed by atoms with van der Waals surface area (Å²) in [4.78, 5) is 0. The highest BCUT2D eigenvalue weighted by Crippen LogP contribution is 2.21. The largest absolute Gasteiger partial charge is 0.341 e. The maximum atomic E-state index is 4.67. The van der Waals surface area contributed by atoms with Crippen LogP contribution in [0, 0.1) is 0 Å². The van der Waals surface area contributed by atoms with Crippen LogP contribution in [0.4, 0.5) is 0 Å². The van der Waals surface area contributed by atoms with Crippen molar-refractivity contribution in [2.75, 3.05) is 0 Å². The van der Waals surface area contributed by atoms with E-state index in [-0.39, 0.29) is 0 Å². The summed E-state index contributed by atoms with van der Waals surface area (Å²) < 4.78 is 5.40. The van der Waals surface area contributed by atoms with Crippen LogP contribution in [-0.4, -0.2) is 14.3 Å². The van der Waals surface area contributed by atoms with E-state index in [1.54, 1.807) is 0 Å². The number of fused-ring (bicyclic) bond motifs is 1. The molecule has 0 aliphatic heterocycles. The van der Waals surface area contributed by atoms with Gasteiger partial charge in [-0.15, -0.1) is 0 Å². The quantitative estimate of drug-likeness (QED) is 0.684. The van der Waals surface area contributed by atoms with E-state index in [4.69, 9.17) is 0 Å². The number of benzene rings is 1. The Morgan fingerprint density at radius 2 is 2.05 bits per heavy atom. The molecule has 2 aromatic heterocycles. The summed E-state index contributed by atoms with van der Waals surface area (Å²) >= 11 is 3.54. The molecule has 3 aromatic rings. The van der Waals surface area contributed by atoms with Crippen LogP contribution >= 0.6 is 15.9 Å². The third kappa shape index (κ3) is 2.52. The van der Waals surface area contributed by atoms with Gasteiger partial charge in [0.05, 0.1) is 12.2 Å². The monoisotopic (exact) mass is 331 g/mol. The highest BCUT2D eigenvalue weighted by atomic mass is 79.9. The van der Waals surface area contributed by atoms with Crippen molar-refractivity contribution in [3.05, 3.63) is 52.9 Å². The van der Waals surface area contributed by atoms with E-state index in [2.05, 4.69) is 86.9 Å². The third-order valence-electron chi connectivity index (χ3n) is 3.77. The first-order valence-electron chi connectivity index (χ1n) is 6.96. The fraction of sp³-hybridized carbons (Fsp3) is 0.312. The fourth-order valence-electron chi connectivity index (χ4n) is 2.36. The SMILES string of the molecule is CCC(C)n1ccc(Cn2ccc3ccc(Br)cc32)n1. The molecule has 0 saturated carbocycles. The average molecular weight is 332 g/mol. The molecule has 20 heavy (non-hydrogen) atoms. The van der Waals surface area contributed by atoms with Gasteiger partial charge >= 0.3 is 0 Å². The zero-order chi connectivity index (χ0) is 14.1. The Morgan fingerprint density at radius 1 is 1.20 bits per heavy atom. The summed E-state index contributed by atoms with van der Waals surface area (Å²) in [6.07, 6.45) is 5.30. The van der Waals surface area contributed by atoms with Gasteiger partial charge in [0.2, 0.25) is 0 Å². The Bertz CT molecular complexity index is 726. The number of hydrogen-bond donors (Lipinski definition) is 0. The van der Waals surface area contributed by atoms with Crippen molar-refractivity contribution in [1.82, 2.24) is 14.3 Å². The summed E-state index contributed by atoms with van der Waals surface area (Å²) in [6, 6.07) is 11.1. The molecule has 1 atom stereocenters. The zero-order valence-corrected chi connectivity index (χ0v) is 13.3. The maximum absolute atomic E-state index is 4.67.